The van der Waals surface area contributed by atoms with E-state index in [-0.39, 0.29) is 18.6 Å². The van der Waals surface area contributed by atoms with Crippen LogP contribution >= 0.6 is 0 Å². The van der Waals surface area contributed by atoms with Crippen LogP contribution in [0.25, 0.3) is 0 Å². The minimum absolute atomic E-state index is 0.137. The molecule has 0 aromatic heterocycles. The molecule has 2 N–H and O–H groups in total. The Morgan fingerprint density at radius 1 is 1.80 bits per heavy atom. The third kappa shape index (κ3) is 1.39. The van der Waals surface area contributed by atoms with Crippen LogP contribution in [0, 0.1) is 5.92 Å². The van der Waals surface area contributed by atoms with E-state index in [1.54, 1.807) is 0 Å². The van der Waals surface area contributed by atoms with Crippen LogP contribution in [-0.4, -0.2) is 22.9 Å². The summed E-state index contributed by atoms with van der Waals surface area (Å²) >= 11 is 0. The topological polar surface area (TPSA) is 40.5 Å². The summed E-state index contributed by atoms with van der Waals surface area (Å²) in [6, 6.07) is 0. The van der Waals surface area contributed by atoms with E-state index in [1.807, 2.05) is 13.0 Å². The molecular formula is C8H14O2. The Balaban J connectivity index is 2.53. The molecule has 0 bridgehead atoms. The lowest BCUT2D eigenvalue weighted by Crippen LogP contribution is -2.14. The number of aliphatic hydroxyl groups excluding tert-OH is 2. The average molecular weight is 142 g/mol. The van der Waals surface area contributed by atoms with E-state index in [9.17, 15) is 5.11 Å². The molecule has 0 fully saturated rings. The molecule has 0 aromatic rings. The summed E-state index contributed by atoms with van der Waals surface area (Å²) in [5, 5.41) is 18.1. The Kier molecular flexibility index (Phi) is 2.46. The third-order valence-corrected chi connectivity index (χ3v) is 2.05. The van der Waals surface area contributed by atoms with Crippen molar-refractivity contribution in [1.29, 1.82) is 0 Å². The van der Waals surface area contributed by atoms with Crippen LogP contribution in [0.15, 0.2) is 11.6 Å². The second kappa shape index (κ2) is 3.17. The van der Waals surface area contributed by atoms with Crippen molar-refractivity contribution in [1.82, 2.24) is 0 Å². The average Bonchev–Trinajstić information content (AvgIpc) is 2.34. The van der Waals surface area contributed by atoms with Crippen LogP contribution in [0.4, 0.5) is 0 Å². The van der Waals surface area contributed by atoms with Crippen molar-refractivity contribution in [2.45, 2.75) is 25.9 Å². The molecule has 0 aromatic carbocycles. The van der Waals surface area contributed by atoms with Gasteiger partial charge in [0, 0.05) is 12.5 Å². The van der Waals surface area contributed by atoms with E-state index in [4.69, 9.17) is 5.11 Å². The molecule has 2 atom stereocenters. The number of aliphatic hydroxyl groups is 2. The molecule has 0 spiro atoms. The van der Waals surface area contributed by atoms with Gasteiger partial charge in [-0.2, -0.15) is 0 Å². The first-order valence-corrected chi connectivity index (χ1v) is 3.74. The molecule has 10 heavy (non-hydrogen) atoms. The maximum Gasteiger partial charge on any atom is 0.0756 e. The summed E-state index contributed by atoms with van der Waals surface area (Å²) in [5.41, 5.74) is 1.02. The summed E-state index contributed by atoms with van der Waals surface area (Å²) in [7, 11) is 0. The highest BCUT2D eigenvalue weighted by Gasteiger charge is 2.20. The van der Waals surface area contributed by atoms with Gasteiger partial charge in [-0.25, -0.2) is 0 Å². The van der Waals surface area contributed by atoms with E-state index in [0.717, 1.165) is 18.4 Å². The van der Waals surface area contributed by atoms with E-state index in [1.165, 1.54) is 0 Å². The molecule has 0 heterocycles. The highest BCUT2D eigenvalue weighted by molar-refractivity contribution is 5.16. The Morgan fingerprint density at radius 2 is 2.50 bits per heavy atom. The van der Waals surface area contributed by atoms with E-state index >= 15 is 0 Å². The second-order valence-electron chi connectivity index (χ2n) is 2.88. The lowest BCUT2D eigenvalue weighted by atomic mass is 10.00. The zero-order chi connectivity index (χ0) is 7.56. The SMILES string of the molecule is CC(CO)C1=CCC[C@@H]1O. The second-order valence-corrected chi connectivity index (χ2v) is 2.88. The Morgan fingerprint density at radius 3 is 2.90 bits per heavy atom. The van der Waals surface area contributed by atoms with Crippen molar-refractivity contribution in [3.63, 3.8) is 0 Å². The van der Waals surface area contributed by atoms with Gasteiger partial charge in [0.15, 0.2) is 0 Å². The van der Waals surface area contributed by atoms with E-state index < -0.39 is 0 Å². The van der Waals surface area contributed by atoms with Crippen LogP contribution in [0.1, 0.15) is 19.8 Å². The summed E-state index contributed by atoms with van der Waals surface area (Å²) in [6.07, 6.45) is 3.54. The van der Waals surface area contributed by atoms with Gasteiger partial charge >= 0.3 is 0 Å². The van der Waals surface area contributed by atoms with Crippen LogP contribution in [0.3, 0.4) is 0 Å². The Bertz CT molecular complexity index is 140. The smallest absolute Gasteiger partial charge is 0.0756 e. The lowest BCUT2D eigenvalue weighted by Gasteiger charge is -2.13. The van der Waals surface area contributed by atoms with E-state index in [0.29, 0.717) is 0 Å². The lowest BCUT2D eigenvalue weighted by molar-refractivity contribution is 0.180. The molecule has 0 radical (unpaired) electrons. The molecule has 2 heteroatoms. The molecule has 1 unspecified atom stereocenters. The zero-order valence-electron chi connectivity index (χ0n) is 6.25. The first kappa shape index (κ1) is 7.76. The van der Waals surface area contributed by atoms with Crippen molar-refractivity contribution >= 4 is 0 Å². The number of rotatable bonds is 2. The van der Waals surface area contributed by atoms with Gasteiger partial charge in [0.1, 0.15) is 0 Å². The minimum Gasteiger partial charge on any atom is -0.396 e. The molecule has 58 valence electrons. The summed E-state index contributed by atoms with van der Waals surface area (Å²) in [4.78, 5) is 0. The largest absolute Gasteiger partial charge is 0.396 e. The monoisotopic (exact) mass is 142 g/mol. The van der Waals surface area contributed by atoms with Crippen molar-refractivity contribution < 1.29 is 10.2 Å². The number of hydrogen-bond acceptors (Lipinski definition) is 2. The highest BCUT2D eigenvalue weighted by atomic mass is 16.3. The van der Waals surface area contributed by atoms with Crippen LogP contribution in [-0.2, 0) is 0 Å². The van der Waals surface area contributed by atoms with Crippen LogP contribution in [0.2, 0.25) is 0 Å². The van der Waals surface area contributed by atoms with Crippen molar-refractivity contribution in [2.75, 3.05) is 6.61 Å². The number of hydrogen-bond donors (Lipinski definition) is 2. The van der Waals surface area contributed by atoms with Gasteiger partial charge in [-0.05, 0) is 18.4 Å². The molecule has 0 aliphatic heterocycles. The predicted molar refractivity (Wildman–Crippen MR) is 39.6 cm³/mol. The minimum atomic E-state index is -0.290. The van der Waals surface area contributed by atoms with Crippen molar-refractivity contribution in [2.24, 2.45) is 5.92 Å². The summed E-state index contributed by atoms with van der Waals surface area (Å²) < 4.78 is 0. The van der Waals surface area contributed by atoms with Gasteiger partial charge in [0.05, 0.1) is 6.10 Å². The first-order valence-electron chi connectivity index (χ1n) is 3.74. The van der Waals surface area contributed by atoms with Gasteiger partial charge in [-0.15, -0.1) is 0 Å². The van der Waals surface area contributed by atoms with Crippen molar-refractivity contribution in [3.8, 4) is 0 Å². The fourth-order valence-corrected chi connectivity index (χ4v) is 1.35. The summed E-state index contributed by atoms with van der Waals surface area (Å²) in [5.74, 6) is 0.137. The van der Waals surface area contributed by atoms with Crippen LogP contribution < -0.4 is 0 Å². The fourth-order valence-electron chi connectivity index (χ4n) is 1.35. The van der Waals surface area contributed by atoms with Crippen LogP contribution in [0.5, 0.6) is 0 Å². The van der Waals surface area contributed by atoms with Gasteiger partial charge in [-0.1, -0.05) is 13.0 Å². The maximum absolute atomic E-state index is 9.31. The first-order chi connectivity index (χ1) is 4.75. The molecule has 0 amide bonds. The quantitative estimate of drug-likeness (QED) is 0.557. The van der Waals surface area contributed by atoms with Gasteiger partial charge < -0.3 is 10.2 Å². The normalized spacial score (nSPS) is 28.3. The molecule has 0 saturated heterocycles. The van der Waals surface area contributed by atoms with Gasteiger partial charge in [0.25, 0.3) is 0 Å². The van der Waals surface area contributed by atoms with E-state index in [2.05, 4.69) is 0 Å². The molecule has 2 nitrogen and oxygen atoms in total. The summed E-state index contributed by atoms with van der Waals surface area (Å²) in [6.45, 7) is 2.07. The van der Waals surface area contributed by atoms with Gasteiger partial charge in [-0.3, -0.25) is 0 Å². The number of allylic oxidation sites excluding steroid dienone is 1. The Labute approximate surface area is 61.2 Å². The molecular weight excluding hydrogens is 128 g/mol. The molecule has 1 aliphatic rings. The standard InChI is InChI=1S/C8H14O2/c1-6(5-9)7-3-2-4-8(7)10/h3,6,8-10H,2,4-5H2,1H3/t6?,8-/m0/s1. The van der Waals surface area contributed by atoms with Crippen molar-refractivity contribution in [3.05, 3.63) is 11.6 Å². The molecule has 1 rings (SSSR count). The molecule has 1 aliphatic carbocycles. The maximum atomic E-state index is 9.31. The fraction of sp³-hybridized carbons (Fsp3) is 0.750. The third-order valence-electron chi connectivity index (χ3n) is 2.05. The molecule has 0 saturated carbocycles. The predicted octanol–water partition coefficient (Wildman–Crippen LogP) is 0.696. The van der Waals surface area contributed by atoms with Gasteiger partial charge in [0.2, 0.25) is 0 Å². The zero-order valence-corrected chi connectivity index (χ0v) is 6.25. The Hall–Kier alpha value is -0.340. The highest BCUT2D eigenvalue weighted by Crippen LogP contribution is 2.24.